The van der Waals surface area contributed by atoms with E-state index >= 15 is 0 Å². The summed E-state index contributed by atoms with van der Waals surface area (Å²) in [4.78, 5) is 14.0. The van der Waals surface area contributed by atoms with Gasteiger partial charge < -0.3 is 19.5 Å². The van der Waals surface area contributed by atoms with E-state index in [-0.39, 0.29) is 5.91 Å². The van der Waals surface area contributed by atoms with Gasteiger partial charge in [-0.05, 0) is 49.4 Å². The standard InChI is InChI=1S/C18H21NO4S/c1-21-13-8-12(9-14(22-2)17(13)23-3)18(20)19-16-10-11-6-4-5-7-15(11)24-16/h8-10H,4-7H2,1-3H3,(H,19,20). The summed E-state index contributed by atoms with van der Waals surface area (Å²) in [5.41, 5.74) is 1.84. The topological polar surface area (TPSA) is 56.8 Å². The highest BCUT2D eigenvalue weighted by Gasteiger charge is 2.19. The fourth-order valence-electron chi connectivity index (χ4n) is 2.95. The second kappa shape index (κ2) is 7.13. The van der Waals surface area contributed by atoms with Gasteiger partial charge in [0.1, 0.15) is 0 Å². The first-order chi connectivity index (χ1) is 11.7. The van der Waals surface area contributed by atoms with Crippen molar-refractivity contribution in [3.8, 4) is 17.2 Å². The lowest BCUT2D eigenvalue weighted by Crippen LogP contribution is -2.11. The molecule has 1 N–H and O–H groups in total. The molecule has 0 spiro atoms. The van der Waals surface area contributed by atoms with Crippen molar-refractivity contribution in [1.82, 2.24) is 0 Å². The second-order valence-electron chi connectivity index (χ2n) is 5.63. The Morgan fingerprint density at radius 1 is 1.00 bits per heavy atom. The van der Waals surface area contributed by atoms with E-state index in [0.717, 1.165) is 17.8 Å². The Labute approximate surface area is 145 Å². The van der Waals surface area contributed by atoms with Crippen molar-refractivity contribution in [3.63, 3.8) is 0 Å². The van der Waals surface area contributed by atoms with Crippen molar-refractivity contribution in [1.29, 1.82) is 0 Å². The summed E-state index contributed by atoms with van der Waals surface area (Å²) < 4.78 is 15.9. The minimum absolute atomic E-state index is 0.187. The van der Waals surface area contributed by atoms with E-state index in [0.29, 0.717) is 22.8 Å². The van der Waals surface area contributed by atoms with E-state index in [1.807, 2.05) is 0 Å². The molecule has 0 bridgehead atoms. The fourth-order valence-corrected chi connectivity index (χ4v) is 4.10. The number of benzene rings is 1. The zero-order valence-corrected chi connectivity index (χ0v) is 14.9. The van der Waals surface area contributed by atoms with Crippen LogP contribution in [0.25, 0.3) is 0 Å². The zero-order valence-electron chi connectivity index (χ0n) is 14.1. The molecule has 0 unspecified atom stereocenters. The minimum Gasteiger partial charge on any atom is -0.493 e. The predicted molar refractivity (Wildman–Crippen MR) is 95.0 cm³/mol. The molecule has 3 rings (SSSR count). The maximum absolute atomic E-state index is 12.6. The minimum atomic E-state index is -0.187. The molecule has 1 aromatic heterocycles. The van der Waals surface area contributed by atoms with Gasteiger partial charge in [-0.2, -0.15) is 0 Å². The van der Waals surface area contributed by atoms with Crippen molar-refractivity contribution >= 4 is 22.2 Å². The Bertz CT molecular complexity index is 705. The molecule has 128 valence electrons. The number of rotatable bonds is 5. The van der Waals surface area contributed by atoms with Gasteiger partial charge in [-0.3, -0.25) is 4.79 Å². The summed E-state index contributed by atoms with van der Waals surface area (Å²) >= 11 is 1.67. The number of carbonyl (C=O) groups excluding carboxylic acids is 1. The molecule has 1 heterocycles. The fraction of sp³-hybridized carbons (Fsp3) is 0.389. The van der Waals surface area contributed by atoms with E-state index < -0.39 is 0 Å². The maximum atomic E-state index is 12.6. The lowest BCUT2D eigenvalue weighted by Gasteiger charge is -2.13. The Morgan fingerprint density at radius 2 is 1.67 bits per heavy atom. The summed E-state index contributed by atoms with van der Waals surface area (Å²) in [6.07, 6.45) is 4.67. The largest absolute Gasteiger partial charge is 0.493 e. The van der Waals surface area contributed by atoms with Crippen LogP contribution in [-0.4, -0.2) is 27.2 Å². The molecule has 0 atom stereocenters. The molecule has 1 aromatic carbocycles. The lowest BCUT2D eigenvalue weighted by molar-refractivity contribution is 0.102. The highest BCUT2D eigenvalue weighted by atomic mass is 32.1. The van der Waals surface area contributed by atoms with Crippen molar-refractivity contribution in [2.45, 2.75) is 25.7 Å². The molecular weight excluding hydrogens is 326 g/mol. The third-order valence-corrected chi connectivity index (χ3v) is 5.31. The van der Waals surface area contributed by atoms with Crippen molar-refractivity contribution in [3.05, 3.63) is 34.2 Å². The molecule has 0 aliphatic heterocycles. The Morgan fingerprint density at radius 3 is 2.25 bits per heavy atom. The number of ether oxygens (including phenoxy) is 3. The number of carbonyl (C=O) groups is 1. The van der Waals surface area contributed by atoms with Crippen LogP contribution in [-0.2, 0) is 12.8 Å². The van der Waals surface area contributed by atoms with Crippen LogP contribution < -0.4 is 19.5 Å². The van der Waals surface area contributed by atoms with Crippen LogP contribution in [0.1, 0.15) is 33.6 Å². The number of thiophene rings is 1. The van der Waals surface area contributed by atoms with Gasteiger partial charge in [0, 0.05) is 10.4 Å². The molecule has 24 heavy (non-hydrogen) atoms. The van der Waals surface area contributed by atoms with E-state index in [9.17, 15) is 4.79 Å². The predicted octanol–water partition coefficient (Wildman–Crippen LogP) is 3.91. The van der Waals surface area contributed by atoms with Crippen LogP contribution in [0.4, 0.5) is 5.00 Å². The SMILES string of the molecule is COc1cc(C(=O)Nc2cc3c(s2)CCCC3)cc(OC)c1OC. The molecule has 6 heteroatoms. The summed E-state index contributed by atoms with van der Waals surface area (Å²) in [5, 5.41) is 3.87. The third kappa shape index (κ3) is 3.19. The first kappa shape index (κ1) is 16.6. The van der Waals surface area contributed by atoms with Gasteiger partial charge >= 0.3 is 0 Å². The van der Waals surface area contributed by atoms with Gasteiger partial charge in [-0.1, -0.05) is 0 Å². The van der Waals surface area contributed by atoms with Crippen LogP contribution in [0.2, 0.25) is 0 Å². The number of amides is 1. The number of hydrogen-bond donors (Lipinski definition) is 1. The number of aryl methyl sites for hydroxylation is 2. The van der Waals surface area contributed by atoms with E-state index in [4.69, 9.17) is 14.2 Å². The Hall–Kier alpha value is -2.21. The average molecular weight is 347 g/mol. The van der Waals surface area contributed by atoms with Crippen LogP contribution in [0.5, 0.6) is 17.2 Å². The summed E-state index contributed by atoms with van der Waals surface area (Å²) in [5.74, 6) is 1.22. The monoisotopic (exact) mass is 347 g/mol. The summed E-state index contributed by atoms with van der Waals surface area (Å²) in [6.45, 7) is 0. The smallest absolute Gasteiger partial charge is 0.256 e. The molecule has 0 radical (unpaired) electrons. The first-order valence-corrected chi connectivity index (χ1v) is 8.71. The highest BCUT2D eigenvalue weighted by molar-refractivity contribution is 7.16. The number of hydrogen-bond acceptors (Lipinski definition) is 5. The normalized spacial score (nSPS) is 13.1. The van der Waals surface area contributed by atoms with Crippen molar-refractivity contribution in [2.75, 3.05) is 26.6 Å². The Balaban J connectivity index is 1.85. The van der Waals surface area contributed by atoms with Gasteiger partial charge in [0.25, 0.3) is 5.91 Å². The molecule has 0 saturated heterocycles. The number of nitrogens with one attached hydrogen (secondary N) is 1. The Kier molecular flexibility index (Phi) is 4.94. The number of fused-ring (bicyclic) bond motifs is 1. The molecular formula is C18H21NO4S. The van der Waals surface area contributed by atoms with E-state index in [1.54, 1.807) is 23.5 Å². The summed E-state index contributed by atoms with van der Waals surface area (Å²) in [7, 11) is 4.61. The van der Waals surface area contributed by atoms with Crippen LogP contribution in [0.15, 0.2) is 18.2 Å². The quantitative estimate of drug-likeness (QED) is 0.891. The van der Waals surface area contributed by atoms with E-state index in [1.165, 1.54) is 44.6 Å². The molecule has 0 fully saturated rings. The van der Waals surface area contributed by atoms with Crippen LogP contribution >= 0.6 is 11.3 Å². The molecule has 0 saturated carbocycles. The highest BCUT2D eigenvalue weighted by Crippen LogP contribution is 2.39. The second-order valence-corrected chi connectivity index (χ2v) is 6.77. The zero-order chi connectivity index (χ0) is 17.1. The molecule has 1 amide bonds. The average Bonchev–Trinajstić information content (AvgIpc) is 3.02. The lowest BCUT2D eigenvalue weighted by atomic mass is 10.00. The van der Waals surface area contributed by atoms with Crippen molar-refractivity contribution in [2.24, 2.45) is 0 Å². The molecule has 2 aromatic rings. The molecule has 1 aliphatic rings. The van der Waals surface area contributed by atoms with E-state index in [2.05, 4.69) is 11.4 Å². The maximum Gasteiger partial charge on any atom is 0.256 e. The molecule has 1 aliphatic carbocycles. The van der Waals surface area contributed by atoms with Gasteiger partial charge in [-0.15, -0.1) is 11.3 Å². The van der Waals surface area contributed by atoms with Crippen molar-refractivity contribution < 1.29 is 19.0 Å². The molecule has 5 nitrogen and oxygen atoms in total. The number of anilines is 1. The van der Waals surface area contributed by atoms with Gasteiger partial charge in [0.2, 0.25) is 5.75 Å². The number of methoxy groups -OCH3 is 3. The summed E-state index contributed by atoms with van der Waals surface area (Å²) in [6, 6.07) is 5.41. The van der Waals surface area contributed by atoms with Gasteiger partial charge in [0.05, 0.1) is 26.3 Å². The van der Waals surface area contributed by atoms with Gasteiger partial charge in [-0.25, -0.2) is 0 Å². The van der Waals surface area contributed by atoms with Crippen LogP contribution in [0, 0.1) is 0 Å². The van der Waals surface area contributed by atoms with Gasteiger partial charge in [0.15, 0.2) is 11.5 Å². The third-order valence-electron chi connectivity index (χ3n) is 4.16. The van der Waals surface area contributed by atoms with Crippen LogP contribution in [0.3, 0.4) is 0 Å². The first-order valence-electron chi connectivity index (χ1n) is 7.89.